The molecule has 2 aliphatic rings. The zero-order chi connectivity index (χ0) is 15.5. The molecule has 2 bridgehead atoms. The van der Waals surface area contributed by atoms with E-state index in [-0.39, 0.29) is 11.3 Å². The normalized spacial score (nSPS) is 22.9. The fourth-order valence-electron chi connectivity index (χ4n) is 3.68. The summed E-state index contributed by atoms with van der Waals surface area (Å²) < 4.78 is 52.6. The van der Waals surface area contributed by atoms with E-state index in [4.69, 9.17) is 0 Å². The Labute approximate surface area is 124 Å². The highest BCUT2D eigenvalue weighted by atomic mass is 19.4. The molecule has 2 aromatic rings. The molecule has 1 fully saturated rings. The number of benzene rings is 1. The molecule has 22 heavy (non-hydrogen) atoms. The molecule has 0 spiro atoms. The molecule has 0 N–H and O–H groups in total. The number of halogens is 4. The van der Waals surface area contributed by atoms with Crippen molar-refractivity contribution in [1.29, 1.82) is 0 Å². The van der Waals surface area contributed by atoms with E-state index in [1.165, 1.54) is 0 Å². The van der Waals surface area contributed by atoms with Gasteiger partial charge >= 0.3 is 6.18 Å². The molecule has 2 nitrogen and oxygen atoms in total. The second-order valence-electron chi connectivity index (χ2n) is 5.96. The van der Waals surface area contributed by atoms with E-state index >= 15 is 0 Å². The Hall–Kier alpha value is -1.98. The summed E-state index contributed by atoms with van der Waals surface area (Å²) in [5.74, 6) is -0.134. The Kier molecular flexibility index (Phi) is 2.80. The molecule has 1 heterocycles. The second kappa shape index (κ2) is 4.51. The zero-order valence-corrected chi connectivity index (χ0v) is 11.5. The van der Waals surface area contributed by atoms with E-state index in [2.05, 4.69) is 10.2 Å². The largest absolute Gasteiger partial charge is 0.417 e. The maximum absolute atomic E-state index is 13.2. The van der Waals surface area contributed by atoms with Crippen molar-refractivity contribution in [2.45, 2.75) is 37.3 Å². The van der Waals surface area contributed by atoms with Crippen LogP contribution in [0.15, 0.2) is 24.3 Å². The molecular weight excluding hydrogens is 296 g/mol. The first kappa shape index (κ1) is 13.7. The molecule has 1 aromatic heterocycles. The average molecular weight is 308 g/mol. The van der Waals surface area contributed by atoms with Gasteiger partial charge in [0.2, 0.25) is 0 Å². The van der Waals surface area contributed by atoms with Crippen LogP contribution >= 0.6 is 0 Å². The summed E-state index contributed by atoms with van der Waals surface area (Å²) in [5, 5.41) is 8.12. The Bertz CT molecular complexity index is 754. The van der Waals surface area contributed by atoms with E-state index in [1.807, 2.05) is 0 Å². The first-order chi connectivity index (χ1) is 10.4. The van der Waals surface area contributed by atoms with Crippen LogP contribution in [0.25, 0.3) is 11.3 Å². The fourth-order valence-corrected chi connectivity index (χ4v) is 3.68. The van der Waals surface area contributed by atoms with Crippen LogP contribution in [0.3, 0.4) is 0 Å². The molecule has 2 aliphatic carbocycles. The van der Waals surface area contributed by atoms with Gasteiger partial charge in [-0.2, -0.15) is 23.4 Å². The molecule has 6 heteroatoms. The third-order valence-electron chi connectivity index (χ3n) is 4.68. The quantitative estimate of drug-likeness (QED) is 0.716. The number of rotatable bonds is 1. The summed E-state index contributed by atoms with van der Waals surface area (Å²) >= 11 is 0. The van der Waals surface area contributed by atoms with E-state index in [9.17, 15) is 17.6 Å². The number of alkyl halides is 3. The standard InChI is InChI=1S/C16H12F4N2/c17-10-3-4-11(13(6-10)16(18,19)20)14-7-12-8-1-2-9(5-8)15(12)22-21-14/h3-4,6-9H,1-2,5H2. The molecule has 2 atom stereocenters. The van der Waals surface area contributed by atoms with Gasteiger partial charge in [0.05, 0.1) is 17.0 Å². The van der Waals surface area contributed by atoms with Gasteiger partial charge in [0.15, 0.2) is 0 Å². The Morgan fingerprint density at radius 1 is 1.00 bits per heavy atom. The van der Waals surface area contributed by atoms with Crippen LogP contribution in [0.2, 0.25) is 0 Å². The van der Waals surface area contributed by atoms with Crippen LogP contribution in [0.4, 0.5) is 17.6 Å². The molecule has 0 aliphatic heterocycles. The topological polar surface area (TPSA) is 25.8 Å². The van der Waals surface area contributed by atoms with E-state index in [1.54, 1.807) is 6.07 Å². The number of nitrogens with zero attached hydrogens (tertiary/aromatic N) is 2. The fraction of sp³-hybridized carbons (Fsp3) is 0.375. The van der Waals surface area contributed by atoms with E-state index in [0.29, 0.717) is 17.9 Å². The number of aromatic nitrogens is 2. The maximum atomic E-state index is 13.2. The van der Waals surface area contributed by atoms with Gasteiger partial charge in [-0.3, -0.25) is 0 Å². The van der Waals surface area contributed by atoms with Crippen molar-refractivity contribution in [3.63, 3.8) is 0 Å². The minimum Gasteiger partial charge on any atom is -0.207 e. The van der Waals surface area contributed by atoms with Gasteiger partial charge in [-0.25, -0.2) is 4.39 Å². The van der Waals surface area contributed by atoms with Gasteiger partial charge in [0.1, 0.15) is 5.82 Å². The Balaban J connectivity index is 1.85. The van der Waals surface area contributed by atoms with Gasteiger partial charge in [-0.05, 0) is 55.0 Å². The van der Waals surface area contributed by atoms with Gasteiger partial charge in [0, 0.05) is 11.5 Å². The van der Waals surface area contributed by atoms with Crippen molar-refractivity contribution in [2.75, 3.05) is 0 Å². The Morgan fingerprint density at radius 2 is 1.77 bits per heavy atom. The SMILES string of the molecule is Fc1ccc(-c2cc3c(nn2)C2CCC3C2)c(C(F)(F)F)c1. The highest BCUT2D eigenvalue weighted by molar-refractivity contribution is 5.65. The average Bonchev–Trinajstić information content (AvgIpc) is 3.07. The van der Waals surface area contributed by atoms with Gasteiger partial charge < -0.3 is 0 Å². The van der Waals surface area contributed by atoms with Crippen LogP contribution in [0, 0.1) is 5.82 Å². The summed E-state index contributed by atoms with van der Waals surface area (Å²) in [4.78, 5) is 0. The first-order valence-electron chi connectivity index (χ1n) is 7.18. The van der Waals surface area contributed by atoms with Crippen LogP contribution < -0.4 is 0 Å². The zero-order valence-electron chi connectivity index (χ0n) is 11.5. The molecule has 1 aromatic carbocycles. The van der Waals surface area contributed by atoms with Crippen molar-refractivity contribution in [2.24, 2.45) is 0 Å². The lowest BCUT2D eigenvalue weighted by Gasteiger charge is -2.16. The summed E-state index contributed by atoms with van der Waals surface area (Å²) in [6, 6.07) is 4.36. The van der Waals surface area contributed by atoms with Gasteiger partial charge in [-0.1, -0.05) is 0 Å². The Morgan fingerprint density at radius 3 is 2.55 bits per heavy atom. The molecular formula is C16H12F4N2. The predicted octanol–water partition coefficient (Wildman–Crippen LogP) is 4.67. The smallest absolute Gasteiger partial charge is 0.207 e. The first-order valence-corrected chi connectivity index (χ1v) is 7.18. The highest BCUT2D eigenvalue weighted by Crippen LogP contribution is 2.52. The summed E-state index contributed by atoms with van der Waals surface area (Å²) in [6.07, 6.45) is -1.48. The third-order valence-corrected chi connectivity index (χ3v) is 4.68. The third kappa shape index (κ3) is 2.01. The van der Waals surface area contributed by atoms with Gasteiger partial charge in [0.25, 0.3) is 0 Å². The van der Waals surface area contributed by atoms with Crippen molar-refractivity contribution in [1.82, 2.24) is 10.2 Å². The van der Waals surface area contributed by atoms with E-state index in [0.717, 1.165) is 42.7 Å². The van der Waals surface area contributed by atoms with E-state index < -0.39 is 17.6 Å². The van der Waals surface area contributed by atoms with Crippen LogP contribution in [-0.4, -0.2) is 10.2 Å². The number of hydrogen-bond donors (Lipinski definition) is 0. The molecule has 4 rings (SSSR count). The monoisotopic (exact) mass is 308 g/mol. The lowest BCUT2D eigenvalue weighted by molar-refractivity contribution is -0.137. The van der Waals surface area contributed by atoms with Crippen LogP contribution in [0.1, 0.15) is 47.9 Å². The van der Waals surface area contributed by atoms with Gasteiger partial charge in [-0.15, -0.1) is 0 Å². The van der Waals surface area contributed by atoms with Crippen LogP contribution in [-0.2, 0) is 6.18 Å². The second-order valence-corrected chi connectivity index (χ2v) is 5.96. The summed E-state index contributed by atoms with van der Waals surface area (Å²) in [5.41, 5.74) is 0.977. The molecule has 2 unspecified atom stereocenters. The van der Waals surface area contributed by atoms with Crippen molar-refractivity contribution >= 4 is 0 Å². The lowest BCUT2D eigenvalue weighted by atomic mass is 9.94. The minimum atomic E-state index is -4.63. The predicted molar refractivity (Wildman–Crippen MR) is 71.8 cm³/mol. The van der Waals surface area contributed by atoms with Crippen molar-refractivity contribution < 1.29 is 17.6 Å². The minimum absolute atomic E-state index is 0.119. The number of fused-ring (bicyclic) bond motifs is 5. The number of hydrogen-bond acceptors (Lipinski definition) is 2. The maximum Gasteiger partial charge on any atom is 0.417 e. The van der Waals surface area contributed by atoms with Crippen molar-refractivity contribution in [3.05, 3.63) is 46.9 Å². The highest BCUT2D eigenvalue weighted by Gasteiger charge is 2.39. The molecule has 0 amide bonds. The molecule has 114 valence electrons. The van der Waals surface area contributed by atoms with Crippen molar-refractivity contribution in [3.8, 4) is 11.3 Å². The molecule has 1 saturated carbocycles. The molecule has 0 saturated heterocycles. The summed E-state index contributed by atoms with van der Waals surface area (Å²) in [6.45, 7) is 0. The van der Waals surface area contributed by atoms with Crippen LogP contribution in [0.5, 0.6) is 0 Å². The summed E-state index contributed by atoms with van der Waals surface area (Å²) in [7, 11) is 0. The molecule has 0 radical (unpaired) electrons. The lowest BCUT2D eigenvalue weighted by Crippen LogP contribution is -2.10.